The van der Waals surface area contributed by atoms with Crippen molar-refractivity contribution in [3.63, 3.8) is 0 Å². The van der Waals surface area contributed by atoms with Gasteiger partial charge < -0.3 is 0 Å². The van der Waals surface area contributed by atoms with Gasteiger partial charge in [-0.05, 0) is 123 Å². The Morgan fingerprint density at radius 2 is 0.826 bits per heavy atom. The van der Waals surface area contributed by atoms with E-state index in [-0.39, 0.29) is 10.8 Å². The van der Waals surface area contributed by atoms with Gasteiger partial charge in [-0.15, -0.1) is 0 Å². The van der Waals surface area contributed by atoms with Gasteiger partial charge in [0, 0.05) is 10.8 Å². The Morgan fingerprint density at radius 3 is 1.50 bits per heavy atom. The van der Waals surface area contributed by atoms with Crippen molar-refractivity contribution in [1.29, 1.82) is 0 Å². The van der Waals surface area contributed by atoms with Crippen LogP contribution >= 0.6 is 0 Å². The van der Waals surface area contributed by atoms with Crippen LogP contribution in [0.2, 0.25) is 0 Å². The average Bonchev–Trinajstić information content (AvgIpc) is 3.45. The maximum absolute atomic E-state index is 2.48. The number of fused-ring (bicyclic) bond motifs is 6. The molecule has 2 aliphatic carbocycles. The summed E-state index contributed by atoms with van der Waals surface area (Å²) < 4.78 is 0. The Kier molecular flexibility index (Phi) is 4.95. The van der Waals surface area contributed by atoms with E-state index in [0.717, 1.165) is 0 Å². The molecule has 8 aromatic rings. The van der Waals surface area contributed by atoms with Crippen molar-refractivity contribution >= 4 is 32.3 Å². The third kappa shape index (κ3) is 3.29. The zero-order valence-corrected chi connectivity index (χ0v) is 26.7. The van der Waals surface area contributed by atoms with Crippen molar-refractivity contribution in [3.05, 3.63) is 156 Å². The lowest BCUT2D eigenvalue weighted by Crippen LogP contribution is -2.15. The van der Waals surface area contributed by atoms with Crippen molar-refractivity contribution in [2.75, 3.05) is 0 Å². The molecule has 218 valence electrons. The van der Waals surface area contributed by atoms with Gasteiger partial charge in [0.1, 0.15) is 0 Å². The fourth-order valence-electron chi connectivity index (χ4n) is 8.97. The van der Waals surface area contributed by atoms with E-state index >= 15 is 0 Å². The first-order valence-corrected chi connectivity index (χ1v) is 16.5. The van der Waals surface area contributed by atoms with Crippen LogP contribution in [0.15, 0.2) is 133 Å². The summed E-state index contributed by atoms with van der Waals surface area (Å²) in [6.07, 6.45) is 0. The van der Waals surface area contributed by atoms with Crippen LogP contribution in [0.3, 0.4) is 0 Å². The minimum Gasteiger partial charge on any atom is -0.0619 e. The van der Waals surface area contributed by atoms with Crippen LogP contribution in [-0.4, -0.2) is 0 Å². The summed E-state index contributed by atoms with van der Waals surface area (Å²) in [6.45, 7) is 9.53. The van der Waals surface area contributed by atoms with Crippen LogP contribution in [0.1, 0.15) is 49.9 Å². The minimum atomic E-state index is -0.109. The van der Waals surface area contributed by atoms with E-state index in [9.17, 15) is 0 Å². The molecule has 0 aliphatic heterocycles. The Labute approximate surface area is 270 Å². The zero-order valence-electron chi connectivity index (χ0n) is 26.7. The van der Waals surface area contributed by atoms with Crippen molar-refractivity contribution in [2.45, 2.75) is 38.5 Å². The summed E-state index contributed by atoms with van der Waals surface area (Å²) >= 11 is 0. The Bertz CT molecular complexity index is 2570. The van der Waals surface area contributed by atoms with Gasteiger partial charge >= 0.3 is 0 Å². The molecule has 0 fully saturated rings. The first kappa shape index (κ1) is 26.1. The zero-order chi connectivity index (χ0) is 30.9. The quantitative estimate of drug-likeness (QED) is 0.177. The summed E-state index contributed by atoms with van der Waals surface area (Å²) in [5.74, 6) is 0. The highest BCUT2D eigenvalue weighted by Gasteiger charge is 2.37. The molecule has 0 saturated carbocycles. The highest BCUT2D eigenvalue weighted by molar-refractivity contribution is 6.26. The molecule has 0 atom stereocenters. The predicted molar refractivity (Wildman–Crippen MR) is 196 cm³/mol. The fourth-order valence-corrected chi connectivity index (χ4v) is 8.97. The Morgan fingerprint density at radius 1 is 0.326 bits per heavy atom. The van der Waals surface area contributed by atoms with Gasteiger partial charge in [-0.1, -0.05) is 137 Å². The number of hydrogen-bond donors (Lipinski definition) is 0. The highest BCUT2D eigenvalue weighted by Crippen LogP contribution is 2.53. The smallest absolute Gasteiger partial charge is 0.0159 e. The van der Waals surface area contributed by atoms with Gasteiger partial charge in [0.25, 0.3) is 0 Å². The van der Waals surface area contributed by atoms with E-state index in [2.05, 4.69) is 161 Å². The molecule has 0 spiro atoms. The summed E-state index contributed by atoms with van der Waals surface area (Å²) in [7, 11) is 0. The molecule has 0 heteroatoms. The molecule has 0 nitrogen and oxygen atoms in total. The lowest BCUT2D eigenvalue weighted by molar-refractivity contribution is 0.659. The second-order valence-corrected chi connectivity index (χ2v) is 14.5. The second kappa shape index (κ2) is 8.74. The van der Waals surface area contributed by atoms with Gasteiger partial charge in [-0.2, -0.15) is 0 Å². The lowest BCUT2D eigenvalue weighted by Gasteiger charge is -2.24. The molecule has 0 bridgehead atoms. The lowest BCUT2D eigenvalue weighted by atomic mass is 9.79. The van der Waals surface area contributed by atoms with E-state index in [0.29, 0.717) is 0 Å². The number of hydrogen-bond acceptors (Lipinski definition) is 0. The highest BCUT2D eigenvalue weighted by atomic mass is 14.4. The van der Waals surface area contributed by atoms with E-state index in [1.54, 1.807) is 0 Å². The van der Waals surface area contributed by atoms with Gasteiger partial charge in [0.2, 0.25) is 0 Å². The SMILES string of the molecule is CC1(C)c2ccccc2-c2ccc(-c3ccc4c(c3)C(C)(C)c3cc(-c5cc6cccc7ccc8cccc5c8c76)ccc3-4)cc21. The summed E-state index contributed by atoms with van der Waals surface area (Å²) in [6, 6.07) is 50.7. The first-order valence-electron chi connectivity index (χ1n) is 16.5. The summed E-state index contributed by atoms with van der Waals surface area (Å²) in [5, 5.41) is 8.01. The molecule has 46 heavy (non-hydrogen) atoms. The topological polar surface area (TPSA) is 0 Å². The van der Waals surface area contributed by atoms with E-state index in [1.807, 2.05) is 0 Å². The van der Waals surface area contributed by atoms with Crippen molar-refractivity contribution in [3.8, 4) is 44.5 Å². The first-order chi connectivity index (χ1) is 22.3. The molecule has 0 amide bonds. The average molecular weight is 587 g/mol. The Hall–Kier alpha value is -5.20. The second-order valence-electron chi connectivity index (χ2n) is 14.5. The molecule has 2 aliphatic rings. The van der Waals surface area contributed by atoms with E-state index < -0.39 is 0 Å². The van der Waals surface area contributed by atoms with Crippen LogP contribution in [0.5, 0.6) is 0 Å². The van der Waals surface area contributed by atoms with Crippen LogP contribution in [0.25, 0.3) is 76.8 Å². The molecule has 0 unspecified atom stereocenters. The molecule has 0 heterocycles. The maximum Gasteiger partial charge on any atom is 0.0159 e. The van der Waals surface area contributed by atoms with E-state index in [4.69, 9.17) is 0 Å². The number of benzene rings is 8. The largest absolute Gasteiger partial charge is 0.0619 e. The molecule has 0 N–H and O–H groups in total. The standard InChI is InChI=1S/C46H34/c1-45(2)39-14-6-5-12-33(39)34-20-17-29(24-40(34)45)30-18-21-35-36-22-19-31(26-42(36)46(3,4)41(35)25-30)38-23-32-11-7-9-27-15-16-28-10-8-13-37(38)44(28)43(27)32/h5-26H,1-4H3. The van der Waals surface area contributed by atoms with Crippen LogP contribution in [0.4, 0.5) is 0 Å². The Balaban J connectivity index is 1.10. The van der Waals surface area contributed by atoms with Gasteiger partial charge in [-0.25, -0.2) is 0 Å². The van der Waals surface area contributed by atoms with Crippen molar-refractivity contribution in [2.24, 2.45) is 0 Å². The minimum absolute atomic E-state index is 0.00521. The molecule has 10 rings (SSSR count). The molecular formula is C46H34. The fraction of sp³-hybridized carbons (Fsp3) is 0.130. The maximum atomic E-state index is 2.48. The van der Waals surface area contributed by atoms with Crippen LogP contribution in [0, 0.1) is 0 Å². The van der Waals surface area contributed by atoms with Crippen LogP contribution < -0.4 is 0 Å². The van der Waals surface area contributed by atoms with Gasteiger partial charge in [-0.3, -0.25) is 0 Å². The summed E-state index contributed by atoms with van der Waals surface area (Å²) in [5.41, 5.74) is 16.2. The van der Waals surface area contributed by atoms with Crippen molar-refractivity contribution in [1.82, 2.24) is 0 Å². The molecule has 0 saturated heterocycles. The number of rotatable bonds is 2. The third-order valence-corrected chi connectivity index (χ3v) is 11.4. The predicted octanol–water partition coefficient (Wildman–Crippen LogP) is 12.5. The van der Waals surface area contributed by atoms with Crippen LogP contribution in [-0.2, 0) is 10.8 Å². The molecule has 8 aromatic carbocycles. The van der Waals surface area contributed by atoms with E-state index in [1.165, 1.54) is 99.1 Å². The van der Waals surface area contributed by atoms with Gasteiger partial charge in [0.15, 0.2) is 0 Å². The molecular weight excluding hydrogens is 553 g/mol. The van der Waals surface area contributed by atoms with Crippen molar-refractivity contribution < 1.29 is 0 Å². The summed E-state index contributed by atoms with van der Waals surface area (Å²) in [4.78, 5) is 0. The molecule has 0 radical (unpaired) electrons. The van der Waals surface area contributed by atoms with Gasteiger partial charge in [0.05, 0.1) is 0 Å². The monoisotopic (exact) mass is 586 g/mol. The normalized spacial score (nSPS) is 15.3. The third-order valence-electron chi connectivity index (χ3n) is 11.4. The molecule has 0 aromatic heterocycles.